The van der Waals surface area contributed by atoms with Crippen LogP contribution < -0.4 is 0 Å². The van der Waals surface area contributed by atoms with Gasteiger partial charge in [-0.1, -0.05) is 0 Å². The maximum absolute atomic E-state index is 12.5. The van der Waals surface area contributed by atoms with E-state index in [9.17, 15) is 18.0 Å². The number of carbonyl (C=O) groups excluding carboxylic acids is 1. The largest absolute Gasteiger partial charge is 0.396 e. The van der Waals surface area contributed by atoms with E-state index in [1.165, 1.54) is 0 Å². The van der Waals surface area contributed by atoms with Crippen LogP contribution in [-0.4, -0.2) is 47.7 Å². The molecule has 0 bridgehead atoms. The van der Waals surface area contributed by atoms with E-state index in [4.69, 9.17) is 16.7 Å². The minimum atomic E-state index is -4.38. The van der Waals surface area contributed by atoms with Crippen LogP contribution >= 0.6 is 11.6 Å². The molecule has 1 saturated heterocycles. The lowest BCUT2D eigenvalue weighted by Crippen LogP contribution is -2.33. The van der Waals surface area contributed by atoms with Gasteiger partial charge in [-0.25, -0.2) is 0 Å². The summed E-state index contributed by atoms with van der Waals surface area (Å²) in [5.74, 6) is -3.43. The molecular formula is C8H11ClF3NO2. The van der Waals surface area contributed by atoms with Gasteiger partial charge < -0.3 is 10.0 Å². The van der Waals surface area contributed by atoms with Crippen LogP contribution in [0.4, 0.5) is 13.2 Å². The third-order valence-corrected chi connectivity index (χ3v) is 2.79. The number of aliphatic hydroxyl groups excluding tert-OH is 1. The summed E-state index contributed by atoms with van der Waals surface area (Å²) in [5, 5.41) is 8.80. The molecule has 2 atom stereocenters. The number of rotatable bonds is 2. The van der Waals surface area contributed by atoms with Crippen molar-refractivity contribution in [3.63, 3.8) is 0 Å². The third-order valence-electron chi connectivity index (χ3n) is 2.56. The van der Waals surface area contributed by atoms with Crippen LogP contribution in [0, 0.1) is 11.8 Å². The van der Waals surface area contributed by atoms with Crippen molar-refractivity contribution >= 4 is 17.5 Å². The molecule has 0 aromatic heterocycles. The second-order valence-electron chi connectivity index (χ2n) is 3.52. The predicted octanol–water partition coefficient (Wildman–Crippen LogP) is 0.854. The summed E-state index contributed by atoms with van der Waals surface area (Å²) in [7, 11) is 0. The summed E-state index contributed by atoms with van der Waals surface area (Å²) < 4.78 is 37.4. The van der Waals surface area contributed by atoms with E-state index in [0.717, 1.165) is 4.90 Å². The molecule has 0 aromatic carbocycles. The number of aliphatic hydroxyl groups is 1. The van der Waals surface area contributed by atoms with Gasteiger partial charge in [-0.15, -0.1) is 11.6 Å². The average molecular weight is 246 g/mol. The summed E-state index contributed by atoms with van der Waals surface area (Å²) in [6, 6.07) is 0. The first-order valence-corrected chi connectivity index (χ1v) is 4.95. The molecule has 1 aliphatic heterocycles. The minimum absolute atomic E-state index is 0.0772. The van der Waals surface area contributed by atoms with Crippen molar-refractivity contribution in [2.75, 3.05) is 25.6 Å². The Morgan fingerprint density at radius 2 is 2.07 bits per heavy atom. The molecule has 0 spiro atoms. The number of hydrogen-bond donors (Lipinski definition) is 1. The summed E-state index contributed by atoms with van der Waals surface area (Å²) >= 11 is 5.25. The van der Waals surface area contributed by atoms with E-state index in [1.807, 2.05) is 0 Å². The van der Waals surface area contributed by atoms with Crippen molar-refractivity contribution in [3.05, 3.63) is 0 Å². The Labute approximate surface area is 89.8 Å². The van der Waals surface area contributed by atoms with Crippen molar-refractivity contribution in [3.8, 4) is 0 Å². The van der Waals surface area contributed by atoms with Gasteiger partial charge >= 0.3 is 6.18 Å². The second-order valence-corrected chi connectivity index (χ2v) is 3.79. The Balaban J connectivity index is 2.71. The van der Waals surface area contributed by atoms with Gasteiger partial charge in [0.1, 0.15) is 5.88 Å². The van der Waals surface area contributed by atoms with E-state index in [-0.39, 0.29) is 12.4 Å². The highest BCUT2D eigenvalue weighted by molar-refractivity contribution is 6.27. The van der Waals surface area contributed by atoms with Crippen molar-refractivity contribution in [1.82, 2.24) is 4.90 Å². The molecule has 15 heavy (non-hydrogen) atoms. The third kappa shape index (κ3) is 2.75. The number of likely N-dealkylation sites (tertiary alicyclic amines) is 1. The average Bonchev–Trinajstić information content (AvgIpc) is 2.59. The lowest BCUT2D eigenvalue weighted by Gasteiger charge is -2.18. The molecule has 1 N–H and O–H groups in total. The molecule has 0 aliphatic carbocycles. The fourth-order valence-corrected chi connectivity index (χ4v) is 1.88. The Morgan fingerprint density at radius 1 is 1.47 bits per heavy atom. The highest BCUT2D eigenvalue weighted by Gasteiger charge is 2.50. The number of hydrogen-bond acceptors (Lipinski definition) is 2. The van der Waals surface area contributed by atoms with Crippen LogP contribution in [0.15, 0.2) is 0 Å². The standard InChI is InChI=1S/C8H11ClF3NO2/c9-1-7(15)13-2-5(4-14)6(3-13)8(10,11)12/h5-6,14H,1-4H2/t5-,6+/m1/s1. The normalized spacial score (nSPS) is 27.1. The predicted molar refractivity (Wildman–Crippen MR) is 47.4 cm³/mol. The highest BCUT2D eigenvalue weighted by atomic mass is 35.5. The zero-order valence-corrected chi connectivity index (χ0v) is 8.55. The van der Waals surface area contributed by atoms with Gasteiger partial charge in [-0.3, -0.25) is 4.79 Å². The van der Waals surface area contributed by atoms with Crippen molar-refractivity contribution in [2.24, 2.45) is 11.8 Å². The molecule has 3 nitrogen and oxygen atoms in total. The molecule has 1 amide bonds. The summed E-state index contributed by atoms with van der Waals surface area (Å²) in [6.07, 6.45) is -4.38. The maximum Gasteiger partial charge on any atom is 0.393 e. The number of alkyl halides is 4. The molecule has 7 heteroatoms. The molecule has 1 heterocycles. The molecule has 88 valence electrons. The van der Waals surface area contributed by atoms with Crippen molar-refractivity contribution < 1.29 is 23.1 Å². The summed E-state index contributed by atoms with van der Waals surface area (Å²) in [6.45, 7) is -1.05. The van der Waals surface area contributed by atoms with E-state index >= 15 is 0 Å². The molecule has 0 unspecified atom stereocenters. The maximum atomic E-state index is 12.5. The van der Waals surface area contributed by atoms with Crippen molar-refractivity contribution in [1.29, 1.82) is 0 Å². The second kappa shape index (κ2) is 4.57. The van der Waals surface area contributed by atoms with Gasteiger partial charge in [-0.2, -0.15) is 13.2 Å². The van der Waals surface area contributed by atoms with Crippen LogP contribution in [0.2, 0.25) is 0 Å². The Morgan fingerprint density at radius 3 is 2.40 bits per heavy atom. The molecule has 1 aliphatic rings. The fourth-order valence-electron chi connectivity index (χ4n) is 1.72. The molecule has 0 aromatic rings. The van der Waals surface area contributed by atoms with Gasteiger partial charge in [0.15, 0.2) is 0 Å². The zero-order chi connectivity index (χ0) is 11.6. The van der Waals surface area contributed by atoms with Gasteiger partial charge in [0.2, 0.25) is 5.91 Å². The number of amides is 1. The summed E-state index contributed by atoms with van der Waals surface area (Å²) in [5.41, 5.74) is 0. The van der Waals surface area contributed by atoms with Crippen LogP contribution in [0.5, 0.6) is 0 Å². The zero-order valence-electron chi connectivity index (χ0n) is 7.80. The first-order valence-electron chi connectivity index (χ1n) is 4.41. The van der Waals surface area contributed by atoms with Gasteiger partial charge in [0.05, 0.1) is 5.92 Å². The van der Waals surface area contributed by atoms with E-state index in [0.29, 0.717) is 0 Å². The van der Waals surface area contributed by atoms with Crippen LogP contribution in [0.3, 0.4) is 0 Å². The molecule has 0 saturated carbocycles. The lowest BCUT2D eigenvalue weighted by atomic mass is 9.97. The summed E-state index contributed by atoms with van der Waals surface area (Å²) in [4.78, 5) is 12.1. The first kappa shape index (κ1) is 12.6. The van der Waals surface area contributed by atoms with Crippen molar-refractivity contribution in [2.45, 2.75) is 6.18 Å². The van der Waals surface area contributed by atoms with E-state index in [1.54, 1.807) is 0 Å². The quantitative estimate of drug-likeness (QED) is 0.733. The molecule has 0 radical (unpaired) electrons. The fraction of sp³-hybridized carbons (Fsp3) is 0.875. The highest BCUT2D eigenvalue weighted by Crippen LogP contribution is 2.37. The number of carbonyl (C=O) groups is 1. The Bertz CT molecular complexity index is 247. The van der Waals surface area contributed by atoms with E-state index < -0.39 is 37.1 Å². The van der Waals surface area contributed by atoms with Crippen LogP contribution in [-0.2, 0) is 4.79 Å². The van der Waals surface area contributed by atoms with Gasteiger partial charge in [-0.05, 0) is 0 Å². The molecular weight excluding hydrogens is 235 g/mol. The number of halogens is 4. The molecule has 1 fully saturated rings. The van der Waals surface area contributed by atoms with Gasteiger partial charge in [0.25, 0.3) is 0 Å². The SMILES string of the molecule is O=C(CCl)N1C[C@H](CO)[C@@H](C(F)(F)F)C1. The first-order chi connectivity index (χ1) is 6.90. The lowest BCUT2D eigenvalue weighted by molar-refractivity contribution is -0.183. The Kier molecular flexibility index (Phi) is 3.83. The van der Waals surface area contributed by atoms with Crippen LogP contribution in [0.1, 0.15) is 0 Å². The van der Waals surface area contributed by atoms with E-state index in [2.05, 4.69) is 0 Å². The minimum Gasteiger partial charge on any atom is -0.396 e. The Hall–Kier alpha value is -0.490. The van der Waals surface area contributed by atoms with Crippen LogP contribution in [0.25, 0.3) is 0 Å². The topological polar surface area (TPSA) is 40.5 Å². The smallest absolute Gasteiger partial charge is 0.393 e. The monoisotopic (exact) mass is 245 g/mol. The van der Waals surface area contributed by atoms with Gasteiger partial charge in [0, 0.05) is 25.6 Å². The molecule has 1 rings (SSSR count). The number of nitrogens with zero attached hydrogens (tertiary/aromatic N) is 1.